The molecule has 0 radical (unpaired) electrons. The Morgan fingerprint density at radius 3 is 3.07 bits per heavy atom. The molecular formula is C9H14N6. The average molecular weight is 206 g/mol. The van der Waals surface area contributed by atoms with Crippen LogP contribution in [-0.2, 0) is 0 Å². The van der Waals surface area contributed by atoms with Gasteiger partial charge in [0.25, 0.3) is 0 Å². The lowest BCUT2D eigenvalue weighted by Crippen LogP contribution is -2.32. The third kappa shape index (κ3) is 1.56. The molecule has 0 saturated carbocycles. The predicted octanol–water partition coefficient (Wildman–Crippen LogP) is -1.65. The lowest BCUT2D eigenvalue weighted by molar-refractivity contribution is 0.638. The van der Waals surface area contributed by atoms with Crippen molar-refractivity contribution >= 4 is 11.5 Å². The molecule has 0 aromatic carbocycles. The molecule has 3 aliphatic rings. The summed E-state index contributed by atoms with van der Waals surface area (Å²) in [4.78, 5) is 8.95. The minimum Gasteiger partial charge on any atom is -0.372 e. The standard InChI is InChI=1S/C9H14N6/c1-2-12-8(11-1)7-4-13-9(15-7)6-3-10-5-14-6/h3,9-10,13-14H,1-2,4-5H2,(H,11,12). The van der Waals surface area contributed by atoms with E-state index >= 15 is 0 Å². The van der Waals surface area contributed by atoms with E-state index in [-0.39, 0.29) is 6.17 Å². The van der Waals surface area contributed by atoms with Gasteiger partial charge in [0.05, 0.1) is 24.6 Å². The summed E-state index contributed by atoms with van der Waals surface area (Å²) in [5.74, 6) is 0.955. The van der Waals surface area contributed by atoms with Gasteiger partial charge in [0.1, 0.15) is 12.0 Å². The molecule has 1 unspecified atom stereocenters. The first kappa shape index (κ1) is 8.72. The molecule has 0 aromatic heterocycles. The summed E-state index contributed by atoms with van der Waals surface area (Å²) in [5, 5.41) is 12.9. The smallest absolute Gasteiger partial charge is 0.144 e. The molecule has 6 nitrogen and oxygen atoms in total. The molecule has 0 fully saturated rings. The van der Waals surface area contributed by atoms with Gasteiger partial charge in [-0.3, -0.25) is 15.3 Å². The highest BCUT2D eigenvalue weighted by molar-refractivity contribution is 6.43. The van der Waals surface area contributed by atoms with Crippen LogP contribution in [0.4, 0.5) is 0 Å². The zero-order valence-electron chi connectivity index (χ0n) is 8.38. The first-order valence-corrected chi connectivity index (χ1v) is 5.19. The van der Waals surface area contributed by atoms with Crippen LogP contribution in [0.2, 0.25) is 0 Å². The Bertz CT molecular complexity index is 356. The van der Waals surface area contributed by atoms with Crippen LogP contribution in [0.3, 0.4) is 0 Å². The number of hydrogen-bond donors (Lipinski definition) is 4. The van der Waals surface area contributed by atoms with Crippen LogP contribution in [0.5, 0.6) is 0 Å². The molecule has 6 heteroatoms. The fraction of sp³-hybridized carbons (Fsp3) is 0.556. The van der Waals surface area contributed by atoms with Crippen molar-refractivity contribution in [3.63, 3.8) is 0 Å². The van der Waals surface area contributed by atoms with Crippen molar-refractivity contribution in [3.8, 4) is 0 Å². The summed E-state index contributed by atoms with van der Waals surface area (Å²) in [6.07, 6.45) is 2.02. The van der Waals surface area contributed by atoms with E-state index in [4.69, 9.17) is 0 Å². The quantitative estimate of drug-likeness (QED) is 0.437. The van der Waals surface area contributed by atoms with Gasteiger partial charge in [-0.05, 0) is 0 Å². The van der Waals surface area contributed by atoms with Gasteiger partial charge in [0, 0.05) is 19.3 Å². The molecular weight excluding hydrogens is 192 g/mol. The van der Waals surface area contributed by atoms with Crippen molar-refractivity contribution in [2.45, 2.75) is 6.17 Å². The van der Waals surface area contributed by atoms with Gasteiger partial charge >= 0.3 is 0 Å². The summed E-state index contributed by atoms with van der Waals surface area (Å²) in [6, 6.07) is 0. The molecule has 80 valence electrons. The number of nitrogens with zero attached hydrogens (tertiary/aromatic N) is 2. The molecule has 3 heterocycles. The Balaban J connectivity index is 1.74. The molecule has 0 amide bonds. The first-order valence-electron chi connectivity index (χ1n) is 5.19. The van der Waals surface area contributed by atoms with Gasteiger partial charge in [-0.15, -0.1) is 0 Å². The van der Waals surface area contributed by atoms with Crippen molar-refractivity contribution in [3.05, 3.63) is 11.9 Å². The summed E-state index contributed by atoms with van der Waals surface area (Å²) in [5.41, 5.74) is 2.13. The Labute approximate surface area is 87.9 Å². The summed E-state index contributed by atoms with van der Waals surface area (Å²) in [7, 11) is 0. The first-order chi connectivity index (χ1) is 7.43. The second kappa shape index (κ2) is 3.54. The third-order valence-corrected chi connectivity index (χ3v) is 2.64. The van der Waals surface area contributed by atoms with Crippen LogP contribution in [-0.4, -0.2) is 44.0 Å². The lowest BCUT2D eigenvalue weighted by atomic mass is 10.3. The van der Waals surface area contributed by atoms with Crippen LogP contribution >= 0.6 is 0 Å². The molecule has 15 heavy (non-hydrogen) atoms. The number of nitrogens with one attached hydrogen (secondary N) is 4. The van der Waals surface area contributed by atoms with Gasteiger partial charge in [0.2, 0.25) is 0 Å². The Morgan fingerprint density at radius 1 is 1.33 bits per heavy atom. The number of rotatable bonds is 2. The number of aliphatic imine (C=N–C) groups is 2. The largest absolute Gasteiger partial charge is 0.372 e. The van der Waals surface area contributed by atoms with E-state index in [0.717, 1.165) is 43.5 Å². The van der Waals surface area contributed by atoms with Crippen LogP contribution in [0, 0.1) is 0 Å². The van der Waals surface area contributed by atoms with Crippen LogP contribution in [0.25, 0.3) is 0 Å². The summed E-state index contributed by atoms with van der Waals surface area (Å²) >= 11 is 0. The molecule has 1 atom stereocenters. The molecule has 4 N–H and O–H groups in total. The Kier molecular flexibility index (Phi) is 2.06. The SMILES string of the molecule is C1=C(C2N=C(C3=NCCN3)CN2)NCN1. The van der Waals surface area contributed by atoms with Crippen molar-refractivity contribution in [2.75, 3.05) is 26.3 Å². The van der Waals surface area contributed by atoms with E-state index in [1.54, 1.807) is 0 Å². The second-order valence-corrected chi connectivity index (χ2v) is 3.67. The lowest BCUT2D eigenvalue weighted by Gasteiger charge is -2.08. The fourth-order valence-corrected chi connectivity index (χ4v) is 1.90. The number of hydrogen-bond acceptors (Lipinski definition) is 6. The minimum absolute atomic E-state index is 0.0556. The van der Waals surface area contributed by atoms with Gasteiger partial charge < -0.3 is 16.0 Å². The monoisotopic (exact) mass is 206 g/mol. The fourth-order valence-electron chi connectivity index (χ4n) is 1.90. The topological polar surface area (TPSA) is 72.8 Å². The normalized spacial score (nSPS) is 28.8. The van der Waals surface area contributed by atoms with Gasteiger partial charge in [-0.2, -0.15) is 0 Å². The maximum Gasteiger partial charge on any atom is 0.144 e. The third-order valence-electron chi connectivity index (χ3n) is 2.64. The highest BCUT2D eigenvalue weighted by atomic mass is 15.2. The summed E-state index contributed by atoms with van der Waals surface area (Å²) in [6.45, 7) is 3.37. The predicted molar refractivity (Wildman–Crippen MR) is 58.8 cm³/mol. The van der Waals surface area contributed by atoms with E-state index in [1.807, 2.05) is 6.20 Å². The van der Waals surface area contributed by atoms with Crippen LogP contribution in [0.1, 0.15) is 0 Å². The maximum absolute atomic E-state index is 4.59. The highest BCUT2D eigenvalue weighted by Crippen LogP contribution is 2.08. The second-order valence-electron chi connectivity index (χ2n) is 3.67. The van der Waals surface area contributed by atoms with Gasteiger partial charge in [-0.1, -0.05) is 0 Å². The van der Waals surface area contributed by atoms with E-state index in [1.165, 1.54) is 0 Å². The van der Waals surface area contributed by atoms with Gasteiger partial charge in [0.15, 0.2) is 0 Å². The van der Waals surface area contributed by atoms with Gasteiger partial charge in [-0.25, -0.2) is 0 Å². The van der Waals surface area contributed by atoms with E-state index < -0.39 is 0 Å². The van der Waals surface area contributed by atoms with Crippen molar-refractivity contribution in [1.82, 2.24) is 21.3 Å². The molecule has 0 spiro atoms. The zero-order valence-corrected chi connectivity index (χ0v) is 8.38. The Hall–Kier alpha value is -1.56. The highest BCUT2D eigenvalue weighted by Gasteiger charge is 2.25. The zero-order chi connectivity index (χ0) is 10.1. The molecule has 0 saturated heterocycles. The van der Waals surface area contributed by atoms with E-state index in [0.29, 0.717) is 0 Å². The average Bonchev–Trinajstić information content (AvgIpc) is 3.02. The van der Waals surface area contributed by atoms with E-state index in [2.05, 4.69) is 31.3 Å². The molecule has 0 aliphatic carbocycles. The van der Waals surface area contributed by atoms with Crippen LogP contribution in [0.15, 0.2) is 21.9 Å². The maximum atomic E-state index is 4.59. The molecule has 3 rings (SSSR count). The number of amidine groups is 1. The minimum atomic E-state index is 0.0556. The van der Waals surface area contributed by atoms with E-state index in [9.17, 15) is 0 Å². The molecule has 0 bridgehead atoms. The molecule has 3 aliphatic heterocycles. The molecule has 0 aromatic rings. The summed E-state index contributed by atoms with van der Waals surface area (Å²) < 4.78 is 0. The van der Waals surface area contributed by atoms with Crippen molar-refractivity contribution in [1.29, 1.82) is 0 Å². The van der Waals surface area contributed by atoms with Crippen molar-refractivity contribution < 1.29 is 0 Å². The van der Waals surface area contributed by atoms with Crippen molar-refractivity contribution in [2.24, 2.45) is 9.98 Å². The van der Waals surface area contributed by atoms with Crippen LogP contribution < -0.4 is 21.3 Å². The Morgan fingerprint density at radius 2 is 2.33 bits per heavy atom.